The van der Waals surface area contributed by atoms with Crippen molar-refractivity contribution in [2.45, 2.75) is 19.3 Å². The van der Waals surface area contributed by atoms with E-state index in [-0.39, 0.29) is 23.6 Å². The Morgan fingerprint density at radius 2 is 1.48 bits per heavy atom. The highest BCUT2D eigenvalue weighted by Crippen LogP contribution is 2.48. The van der Waals surface area contributed by atoms with Crippen molar-refractivity contribution in [3.8, 4) is 0 Å². The minimum Gasteiger partial charge on any atom is -0.339 e. The molecule has 4 rings (SSSR count). The molecule has 150 valence electrons. The molecule has 0 bridgehead atoms. The Balaban J connectivity index is 1.29. The smallest absolute Gasteiger partial charge is 0.253 e. The lowest BCUT2D eigenvalue weighted by molar-refractivity contribution is -0.134. The molecule has 0 aromatic heterocycles. The van der Waals surface area contributed by atoms with Crippen molar-refractivity contribution in [1.82, 2.24) is 9.80 Å². The molecule has 2 fully saturated rings. The van der Waals surface area contributed by atoms with Crippen LogP contribution in [0, 0.1) is 5.92 Å². The molecule has 29 heavy (non-hydrogen) atoms. The van der Waals surface area contributed by atoms with Gasteiger partial charge in [0.15, 0.2) is 0 Å². The Hall–Kier alpha value is -3.15. The van der Waals surface area contributed by atoms with Crippen molar-refractivity contribution < 1.29 is 14.4 Å². The second-order valence-corrected chi connectivity index (χ2v) is 7.74. The van der Waals surface area contributed by atoms with Gasteiger partial charge in [0.05, 0.1) is 0 Å². The van der Waals surface area contributed by atoms with Crippen molar-refractivity contribution in [1.29, 1.82) is 0 Å². The molecule has 0 radical (unpaired) electrons. The molecular formula is C23H25N3O3. The van der Waals surface area contributed by atoms with Gasteiger partial charge in [0.2, 0.25) is 11.8 Å². The quantitative estimate of drug-likeness (QED) is 0.871. The van der Waals surface area contributed by atoms with Crippen LogP contribution < -0.4 is 5.32 Å². The number of amides is 3. The summed E-state index contributed by atoms with van der Waals surface area (Å²) in [5, 5.41) is 2.69. The molecule has 1 saturated heterocycles. The first-order valence-corrected chi connectivity index (χ1v) is 10.0. The second kappa shape index (κ2) is 8.07. The molecule has 1 saturated carbocycles. The number of benzene rings is 2. The maximum absolute atomic E-state index is 12.8. The van der Waals surface area contributed by atoms with Crippen LogP contribution in [-0.2, 0) is 9.59 Å². The number of nitrogens with zero attached hydrogens (tertiary/aromatic N) is 2. The minimum atomic E-state index is -0.143. The third-order valence-corrected chi connectivity index (χ3v) is 5.67. The highest BCUT2D eigenvalue weighted by atomic mass is 16.2. The van der Waals surface area contributed by atoms with Crippen LogP contribution in [0.3, 0.4) is 0 Å². The first-order chi connectivity index (χ1) is 14.0. The average molecular weight is 391 g/mol. The number of hydrogen-bond donors (Lipinski definition) is 1. The van der Waals surface area contributed by atoms with Crippen LogP contribution in [0.2, 0.25) is 0 Å². The highest BCUT2D eigenvalue weighted by Gasteiger charge is 2.46. The van der Waals surface area contributed by atoms with Gasteiger partial charge in [-0.3, -0.25) is 14.4 Å². The Kier molecular flexibility index (Phi) is 5.34. The molecule has 1 aliphatic heterocycles. The van der Waals surface area contributed by atoms with Gasteiger partial charge in [-0.05, 0) is 42.2 Å². The number of rotatable bonds is 4. The van der Waals surface area contributed by atoms with Crippen LogP contribution in [0.4, 0.5) is 5.69 Å². The summed E-state index contributed by atoms with van der Waals surface area (Å²) >= 11 is 0. The molecule has 1 aliphatic carbocycles. The maximum atomic E-state index is 12.8. The summed E-state index contributed by atoms with van der Waals surface area (Å²) in [5.41, 5.74) is 2.49. The molecule has 2 aromatic rings. The number of carbonyl (C=O) groups excluding carboxylic acids is 3. The van der Waals surface area contributed by atoms with E-state index in [0.29, 0.717) is 43.3 Å². The molecule has 2 atom stereocenters. The largest absolute Gasteiger partial charge is 0.339 e. The van der Waals surface area contributed by atoms with E-state index in [4.69, 9.17) is 0 Å². The van der Waals surface area contributed by atoms with Gasteiger partial charge < -0.3 is 15.1 Å². The van der Waals surface area contributed by atoms with Crippen molar-refractivity contribution in [3.63, 3.8) is 0 Å². The number of carbonyl (C=O) groups is 3. The van der Waals surface area contributed by atoms with E-state index in [0.717, 1.165) is 6.42 Å². The fourth-order valence-electron chi connectivity index (χ4n) is 3.98. The lowest BCUT2D eigenvalue weighted by atomic mass is 10.1. The molecule has 6 heteroatoms. The molecule has 2 aliphatic rings. The number of piperazine rings is 1. The van der Waals surface area contributed by atoms with Gasteiger partial charge in [-0.2, -0.15) is 0 Å². The van der Waals surface area contributed by atoms with E-state index in [1.165, 1.54) is 12.5 Å². The van der Waals surface area contributed by atoms with Gasteiger partial charge in [-0.25, -0.2) is 0 Å². The van der Waals surface area contributed by atoms with E-state index in [1.54, 1.807) is 29.2 Å². The fraction of sp³-hybridized carbons (Fsp3) is 0.348. The van der Waals surface area contributed by atoms with E-state index in [9.17, 15) is 14.4 Å². The van der Waals surface area contributed by atoms with Crippen LogP contribution in [0.1, 0.15) is 35.2 Å². The molecule has 2 aromatic carbocycles. The molecule has 3 amide bonds. The lowest BCUT2D eigenvalue weighted by Gasteiger charge is -2.35. The summed E-state index contributed by atoms with van der Waals surface area (Å²) in [6.45, 7) is 3.68. The monoisotopic (exact) mass is 391 g/mol. The zero-order chi connectivity index (χ0) is 20.4. The van der Waals surface area contributed by atoms with Gasteiger partial charge in [-0.1, -0.05) is 30.3 Å². The van der Waals surface area contributed by atoms with Crippen molar-refractivity contribution in [2.24, 2.45) is 5.92 Å². The minimum absolute atomic E-state index is 0.0416. The number of anilines is 1. The Labute approximate surface area is 170 Å². The summed E-state index contributed by atoms with van der Waals surface area (Å²) in [6, 6.07) is 17.1. The number of nitrogens with one attached hydrogen (secondary N) is 1. The predicted octanol–water partition coefficient (Wildman–Crippen LogP) is 2.73. The molecule has 2 unspecified atom stereocenters. The van der Waals surface area contributed by atoms with Crippen LogP contribution >= 0.6 is 0 Å². The highest BCUT2D eigenvalue weighted by molar-refractivity contribution is 5.95. The standard InChI is InChI=1S/C23H25N3O3/c1-16(27)24-19-9-7-18(8-10-19)22(28)25-11-13-26(14-12-25)23(29)21-15-20(21)17-5-3-2-4-6-17/h2-10,20-21H,11-15H2,1H3,(H,24,27). The van der Waals surface area contributed by atoms with Crippen molar-refractivity contribution in [3.05, 3.63) is 65.7 Å². The van der Waals surface area contributed by atoms with Crippen LogP contribution in [-0.4, -0.2) is 53.7 Å². The Morgan fingerprint density at radius 1 is 0.862 bits per heavy atom. The summed E-state index contributed by atoms with van der Waals surface area (Å²) in [5.74, 6) is 0.451. The zero-order valence-electron chi connectivity index (χ0n) is 16.5. The third kappa shape index (κ3) is 4.31. The van der Waals surface area contributed by atoms with Crippen LogP contribution in [0.25, 0.3) is 0 Å². The summed E-state index contributed by atoms with van der Waals surface area (Å²) < 4.78 is 0. The summed E-state index contributed by atoms with van der Waals surface area (Å²) in [6.07, 6.45) is 0.919. The normalized spacial score (nSPS) is 20.9. The van der Waals surface area contributed by atoms with E-state index >= 15 is 0 Å². The van der Waals surface area contributed by atoms with E-state index in [1.807, 2.05) is 23.1 Å². The Bertz CT molecular complexity index is 903. The van der Waals surface area contributed by atoms with E-state index < -0.39 is 0 Å². The molecule has 1 heterocycles. The van der Waals surface area contributed by atoms with Crippen molar-refractivity contribution in [2.75, 3.05) is 31.5 Å². The van der Waals surface area contributed by atoms with E-state index in [2.05, 4.69) is 17.4 Å². The molecule has 1 N–H and O–H groups in total. The number of hydrogen-bond acceptors (Lipinski definition) is 3. The molecule has 6 nitrogen and oxygen atoms in total. The second-order valence-electron chi connectivity index (χ2n) is 7.74. The van der Waals surface area contributed by atoms with Gasteiger partial charge >= 0.3 is 0 Å². The first-order valence-electron chi connectivity index (χ1n) is 10.0. The Morgan fingerprint density at radius 3 is 2.10 bits per heavy atom. The molecular weight excluding hydrogens is 366 g/mol. The SMILES string of the molecule is CC(=O)Nc1ccc(C(=O)N2CCN(C(=O)C3CC3c3ccccc3)CC2)cc1. The topological polar surface area (TPSA) is 69.7 Å². The zero-order valence-corrected chi connectivity index (χ0v) is 16.5. The predicted molar refractivity (Wildman–Crippen MR) is 111 cm³/mol. The lowest BCUT2D eigenvalue weighted by Crippen LogP contribution is -2.51. The van der Waals surface area contributed by atoms with Gasteiger partial charge in [0, 0.05) is 50.3 Å². The third-order valence-electron chi connectivity index (χ3n) is 5.67. The van der Waals surface area contributed by atoms with Crippen LogP contribution in [0.5, 0.6) is 0 Å². The maximum Gasteiger partial charge on any atom is 0.253 e. The summed E-state index contributed by atoms with van der Waals surface area (Å²) in [7, 11) is 0. The molecule has 0 spiro atoms. The van der Waals surface area contributed by atoms with Gasteiger partial charge in [0.25, 0.3) is 5.91 Å². The first kappa shape index (κ1) is 19.2. The van der Waals surface area contributed by atoms with Gasteiger partial charge in [0.1, 0.15) is 0 Å². The van der Waals surface area contributed by atoms with Crippen molar-refractivity contribution >= 4 is 23.4 Å². The average Bonchev–Trinajstić information content (AvgIpc) is 3.55. The fourth-order valence-corrected chi connectivity index (χ4v) is 3.98. The van der Waals surface area contributed by atoms with Gasteiger partial charge in [-0.15, -0.1) is 0 Å². The summed E-state index contributed by atoms with van der Waals surface area (Å²) in [4.78, 5) is 40.3. The van der Waals surface area contributed by atoms with Crippen LogP contribution in [0.15, 0.2) is 54.6 Å².